The molecule has 15 heavy (non-hydrogen) atoms. The van der Waals surface area contributed by atoms with Crippen molar-refractivity contribution < 1.29 is 17.9 Å². The van der Waals surface area contributed by atoms with Crippen LogP contribution in [0.25, 0.3) is 0 Å². The highest BCUT2D eigenvalue weighted by molar-refractivity contribution is 5.31. The van der Waals surface area contributed by atoms with Crippen LogP contribution in [0.4, 0.5) is 13.2 Å². The molecule has 1 fully saturated rings. The van der Waals surface area contributed by atoms with Gasteiger partial charge < -0.3 is 4.74 Å². The number of halogens is 3. The van der Waals surface area contributed by atoms with Crippen LogP contribution in [0.2, 0.25) is 0 Å². The SMILES string of the molecule is CCC1(c2ccc(C(F)(F)F)cc2)CO1. The number of hydrogen-bond acceptors (Lipinski definition) is 1. The summed E-state index contributed by atoms with van der Waals surface area (Å²) in [5, 5.41) is 0. The predicted octanol–water partition coefficient (Wildman–Crippen LogP) is 3.34. The summed E-state index contributed by atoms with van der Waals surface area (Å²) in [6, 6.07) is 5.21. The molecule has 0 spiro atoms. The van der Waals surface area contributed by atoms with E-state index in [2.05, 4.69) is 0 Å². The van der Waals surface area contributed by atoms with Crippen molar-refractivity contribution in [2.45, 2.75) is 25.1 Å². The second kappa shape index (κ2) is 3.23. The molecule has 2 rings (SSSR count). The lowest BCUT2D eigenvalue weighted by Gasteiger charge is -2.11. The van der Waals surface area contributed by atoms with Crippen LogP contribution in [0.15, 0.2) is 24.3 Å². The Morgan fingerprint density at radius 3 is 2.13 bits per heavy atom. The summed E-state index contributed by atoms with van der Waals surface area (Å²) >= 11 is 0. The van der Waals surface area contributed by atoms with Gasteiger partial charge in [0.1, 0.15) is 5.60 Å². The van der Waals surface area contributed by atoms with Gasteiger partial charge in [-0.15, -0.1) is 0 Å². The lowest BCUT2D eigenvalue weighted by atomic mass is 9.96. The van der Waals surface area contributed by atoms with Gasteiger partial charge in [0.25, 0.3) is 0 Å². The van der Waals surface area contributed by atoms with Crippen molar-refractivity contribution in [2.24, 2.45) is 0 Å². The molecule has 0 N–H and O–H groups in total. The number of rotatable bonds is 2. The molecule has 0 aromatic heterocycles. The van der Waals surface area contributed by atoms with Crippen molar-refractivity contribution >= 4 is 0 Å². The molecule has 1 aliphatic heterocycles. The van der Waals surface area contributed by atoms with Gasteiger partial charge in [-0.25, -0.2) is 0 Å². The molecule has 1 heterocycles. The van der Waals surface area contributed by atoms with Gasteiger partial charge in [0.2, 0.25) is 0 Å². The molecule has 1 unspecified atom stereocenters. The van der Waals surface area contributed by atoms with Crippen molar-refractivity contribution in [3.05, 3.63) is 35.4 Å². The fraction of sp³-hybridized carbons (Fsp3) is 0.455. The molecular weight excluding hydrogens is 205 g/mol. The van der Waals surface area contributed by atoms with E-state index in [1.165, 1.54) is 12.1 Å². The smallest absolute Gasteiger partial charge is 0.365 e. The molecule has 4 heteroatoms. The molecule has 0 aliphatic carbocycles. The maximum absolute atomic E-state index is 12.3. The first kappa shape index (κ1) is 10.5. The average molecular weight is 216 g/mol. The molecule has 1 atom stereocenters. The maximum atomic E-state index is 12.3. The van der Waals surface area contributed by atoms with E-state index in [4.69, 9.17) is 4.74 Å². The van der Waals surface area contributed by atoms with Crippen LogP contribution in [0.5, 0.6) is 0 Å². The minimum Gasteiger partial charge on any atom is -0.365 e. The van der Waals surface area contributed by atoms with Crippen LogP contribution in [0, 0.1) is 0 Å². The highest BCUT2D eigenvalue weighted by Gasteiger charge is 2.44. The van der Waals surface area contributed by atoms with E-state index in [-0.39, 0.29) is 5.60 Å². The van der Waals surface area contributed by atoms with Crippen molar-refractivity contribution in [1.29, 1.82) is 0 Å². The van der Waals surface area contributed by atoms with Gasteiger partial charge in [-0.1, -0.05) is 19.1 Å². The minimum atomic E-state index is -4.26. The van der Waals surface area contributed by atoms with Crippen LogP contribution >= 0.6 is 0 Å². The van der Waals surface area contributed by atoms with Gasteiger partial charge in [-0.05, 0) is 24.1 Å². The largest absolute Gasteiger partial charge is 0.416 e. The molecule has 0 radical (unpaired) electrons. The Kier molecular flexibility index (Phi) is 2.26. The van der Waals surface area contributed by atoms with Gasteiger partial charge in [-0.2, -0.15) is 13.2 Å². The average Bonchev–Trinajstić information content (AvgIpc) is 2.97. The fourth-order valence-corrected chi connectivity index (χ4v) is 1.62. The van der Waals surface area contributed by atoms with Gasteiger partial charge in [0.05, 0.1) is 12.2 Å². The van der Waals surface area contributed by atoms with E-state index in [1.54, 1.807) is 0 Å². The van der Waals surface area contributed by atoms with Crippen molar-refractivity contribution in [2.75, 3.05) is 6.61 Å². The summed E-state index contributed by atoms with van der Waals surface area (Å²) in [6.45, 7) is 2.57. The van der Waals surface area contributed by atoms with E-state index in [1.807, 2.05) is 6.92 Å². The molecule has 1 aliphatic rings. The third-order valence-corrected chi connectivity index (χ3v) is 2.80. The Labute approximate surface area is 85.9 Å². The molecular formula is C11H11F3O. The van der Waals surface area contributed by atoms with Crippen molar-refractivity contribution in [1.82, 2.24) is 0 Å². The monoisotopic (exact) mass is 216 g/mol. The van der Waals surface area contributed by atoms with E-state index in [0.717, 1.165) is 24.1 Å². The Bertz CT molecular complexity index is 349. The molecule has 82 valence electrons. The van der Waals surface area contributed by atoms with Gasteiger partial charge >= 0.3 is 6.18 Å². The van der Waals surface area contributed by atoms with Crippen LogP contribution in [0.1, 0.15) is 24.5 Å². The zero-order valence-corrected chi connectivity index (χ0v) is 8.27. The molecule has 0 amide bonds. The molecule has 1 saturated heterocycles. The minimum absolute atomic E-state index is 0.315. The zero-order chi connectivity index (χ0) is 11.1. The van der Waals surface area contributed by atoms with Gasteiger partial charge in [0, 0.05) is 0 Å². The van der Waals surface area contributed by atoms with Crippen LogP contribution in [-0.2, 0) is 16.5 Å². The molecule has 0 bridgehead atoms. The molecule has 0 saturated carbocycles. The van der Waals surface area contributed by atoms with Crippen LogP contribution < -0.4 is 0 Å². The first-order valence-electron chi connectivity index (χ1n) is 4.80. The number of epoxide rings is 1. The lowest BCUT2D eigenvalue weighted by molar-refractivity contribution is -0.137. The topological polar surface area (TPSA) is 12.5 Å². The number of hydrogen-bond donors (Lipinski definition) is 0. The third-order valence-electron chi connectivity index (χ3n) is 2.80. The van der Waals surface area contributed by atoms with Crippen molar-refractivity contribution in [3.8, 4) is 0 Å². The fourth-order valence-electron chi connectivity index (χ4n) is 1.62. The van der Waals surface area contributed by atoms with Crippen molar-refractivity contribution in [3.63, 3.8) is 0 Å². The highest BCUT2D eigenvalue weighted by Crippen LogP contribution is 2.42. The van der Waals surface area contributed by atoms with E-state index < -0.39 is 11.7 Å². The van der Waals surface area contributed by atoms with E-state index in [0.29, 0.717) is 6.61 Å². The second-order valence-corrected chi connectivity index (χ2v) is 3.71. The van der Waals surface area contributed by atoms with Crippen LogP contribution in [-0.4, -0.2) is 6.61 Å². The summed E-state index contributed by atoms with van der Waals surface area (Å²) in [7, 11) is 0. The molecule has 1 aromatic rings. The number of ether oxygens (including phenoxy) is 1. The molecule has 1 aromatic carbocycles. The summed E-state index contributed by atoms with van der Waals surface area (Å²) in [5.41, 5.74) is -0.0967. The number of alkyl halides is 3. The summed E-state index contributed by atoms with van der Waals surface area (Å²) in [4.78, 5) is 0. The summed E-state index contributed by atoms with van der Waals surface area (Å²) in [6.07, 6.45) is -3.47. The first-order valence-corrected chi connectivity index (χ1v) is 4.80. The standard InChI is InChI=1S/C11H11F3O/c1-2-10(7-15-10)8-3-5-9(6-4-8)11(12,13)14/h3-6H,2,7H2,1H3. The Balaban J connectivity index is 2.25. The molecule has 1 nitrogen and oxygen atoms in total. The summed E-state index contributed by atoms with van der Waals surface area (Å²) in [5.74, 6) is 0. The predicted molar refractivity (Wildman–Crippen MR) is 49.4 cm³/mol. The normalized spacial score (nSPS) is 25.3. The van der Waals surface area contributed by atoms with Crippen LogP contribution in [0.3, 0.4) is 0 Å². The Hall–Kier alpha value is -1.03. The Morgan fingerprint density at radius 2 is 1.80 bits per heavy atom. The lowest BCUT2D eigenvalue weighted by Crippen LogP contribution is -2.09. The van der Waals surface area contributed by atoms with Gasteiger partial charge in [0.15, 0.2) is 0 Å². The Morgan fingerprint density at radius 1 is 1.27 bits per heavy atom. The van der Waals surface area contributed by atoms with Gasteiger partial charge in [-0.3, -0.25) is 0 Å². The number of benzene rings is 1. The van der Waals surface area contributed by atoms with E-state index >= 15 is 0 Å². The maximum Gasteiger partial charge on any atom is 0.416 e. The summed E-state index contributed by atoms with van der Waals surface area (Å²) < 4.78 is 42.1. The third kappa shape index (κ3) is 1.86. The highest BCUT2D eigenvalue weighted by atomic mass is 19.4. The quantitative estimate of drug-likeness (QED) is 0.691. The zero-order valence-electron chi connectivity index (χ0n) is 8.27. The first-order chi connectivity index (χ1) is 6.98. The second-order valence-electron chi connectivity index (χ2n) is 3.71. The van der Waals surface area contributed by atoms with E-state index in [9.17, 15) is 13.2 Å².